The van der Waals surface area contributed by atoms with Gasteiger partial charge in [-0.3, -0.25) is 0 Å². The molecule has 0 saturated carbocycles. The molecule has 0 saturated heterocycles. The van der Waals surface area contributed by atoms with Crippen molar-refractivity contribution in [3.05, 3.63) is 24.0 Å². The van der Waals surface area contributed by atoms with Gasteiger partial charge in [0.05, 0.1) is 0 Å². The van der Waals surface area contributed by atoms with Gasteiger partial charge in [-0.25, -0.2) is 0 Å². The van der Waals surface area contributed by atoms with Crippen molar-refractivity contribution in [1.29, 1.82) is 5.26 Å². The van der Waals surface area contributed by atoms with Crippen LogP contribution in [0.2, 0.25) is 0 Å². The molecule has 9 heavy (non-hydrogen) atoms. The van der Waals surface area contributed by atoms with Crippen molar-refractivity contribution in [3.8, 4) is 6.07 Å². The molecule has 1 rings (SSSR count). The molecule has 45 valence electrons. The van der Waals surface area contributed by atoms with Gasteiger partial charge in [0, 0.05) is 11.3 Å². The minimum atomic E-state index is -0.567. The van der Waals surface area contributed by atoms with Crippen LogP contribution in [0.3, 0.4) is 0 Å². The van der Waals surface area contributed by atoms with Crippen LogP contribution in [0.4, 0.5) is 0 Å². The van der Waals surface area contributed by atoms with Gasteiger partial charge in [0.1, 0.15) is 24.9 Å². The molecule has 0 aromatic carbocycles. The maximum Gasteiger partial charge on any atom is 0.154 e. The van der Waals surface area contributed by atoms with Gasteiger partial charge in [0.25, 0.3) is 0 Å². The molecule has 0 N–H and O–H groups in total. The van der Waals surface area contributed by atoms with Crippen LogP contribution in [-0.2, 0) is 5.21 Å². The fraction of sp³-hybridized carbons (Fsp3) is 0.167. The fourth-order valence-corrected chi connectivity index (χ4v) is 0.657. The van der Waals surface area contributed by atoms with Crippen molar-refractivity contribution in [2.75, 3.05) is 7.05 Å². The Balaban J connectivity index is 2.90. The van der Waals surface area contributed by atoms with Crippen LogP contribution in [0.5, 0.6) is 0 Å². The summed E-state index contributed by atoms with van der Waals surface area (Å²) in [4.78, 5) is 0. The van der Waals surface area contributed by atoms with Crippen molar-refractivity contribution < 1.29 is 9.85 Å². The van der Waals surface area contributed by atoms with Crippen molar-refractivity contribution in [2.24, 2.45) is 0 Å². The summed E-state index contributed by atoms with van der Waals surface area (Å²) in [6.07, 6.45) is 4.28. The summed E-state index contributed by atoms with van der Waals surface area (Å²) in [5, 5.41) is 19.2. The SMILES string of the molecule is C[N+]1([O])C=CC(C#N)=C1. The number of hydrogen-bond acceptors (Lipinski definition) is 1. The maximum absolute atomic E-state index is 10.9. The summed E-state index contributed by atoms with van der Waals surface area (Å²) in [5.41, 5.74) is 0.438. The third-order valence-electron chi connectivity index (χ3n) is 1.07. The Hall–Kier alpha value is -1.11. The Labute approximate surface area is 53.3 Å². The van der Waals surface area contributed by atoms with Gasteiger partial charge in [-0.1, -0.05) is 4.65 Å². The molecule has 1 aliphatic heterocycles. The molecule has 1 unspecified atom stereocenters. The zero-order valence-corrected chi connectivity index (χ0v) is 5.03. The minimum Gasteiger partial charge on any atom is -0.192 e. The van der Waals surface area contributed by atoms with E-state index in [1.54, 1.807) is 0 Å². The first-order valence-electron chi connectivity index (χ1n) is 2.53. The second-order valence-corrected chi connectivity index (χ2v) is 2.07. The molecule has 1 radical (unpaired) electrons. The predicted octanol–water partition coefficient (Wildman–Crippen LogP) is 0.713. The molecule has 0 spiro atoms. The topological polar surface area (TPSA) is 43.7 Å². The fourth-order valence-electron chi connectivity index (χ4n) is 0.657. The molecule has 0 amide bonds. The quantitative estimate of drug-likeness (QED) is 0.436. The highest BCUT2D eigenvalue weighted by atomic mass is 16.5. The van der Waals surface area contributed by atoms with E-state index in [1.807, 2.05) is 6.07 Å². The molecule has 0 aromatic heterocycles. The highest BCUT2D eigenvalue weighted by molar-refractivity contribution is 5.32. The Bertz CT molecular complexity index is 220. The van der Waals surface area contributed by atoms with Gasteiger partial charge >= 0.3 is 0 Å². The number of hydrogen-bond donors (Lipinski definition) is 0. The average molecular weight is 122 g/mol. The molecular formula is C6H6N2O+. The van der Waals surface area contributed by atoms with Crippen molar-refractivity contribution >= 4 is 0 Å². The number of nitrogens with zero attached hydrogens (tertiary/aromatic N) is 2. The van der Waals surface area contributed by atoms with Gasteiger partial charge in [0.15, 0.2) is 6.20 Å². The lowest BCUT2D eigenvalue weighted by molar-refractivity contribution is -1.03. The van der Waals surface area contributed by atoms with E-state index in [2.05, 4.69) is 0 Å². The van der Waals surface area contributed by atoms with Gasteiger partial charge in [-0.05, 0) is 0 Å². The Morgan fingerprint density at radius 1 is 1.78 bits per heavy atom. The molecule has 0 aromatic rings. The van der Waals surface area contributed by atoms with Gasteiger partial charge in [0.2, 0.25) is 0 Å². The van der Waals surface area contributed by atoms with Crippen LogP contribution in [-0.4, -0.2) is 11.7 Å². The zero-order valence-electron chi connectivity index (χ0n) is 5.03. The van der Waals surface area contributed by atoms with Crippen LogP contribution >= 0.6 is 0 Å². The van der Waals surface area contributed by atoms with Gasteiger partial charge in [-0.2, -0.15) is 5.26 Å². The molecule has 3 heteroatoms. The van der Waals surface area contributed by atoms with E-state index in [9.17, 15) is 5.21 Å². The Kier molecular flexibility index (Phi) is 1.13. The second-order valence-electron chi connectivity index (χ2n) is 2.07. The van der Waals surface area contributed by atoms with E-state index in [4.69, 9.17) is 5.26 Å². The zero-order chi connectivity index (χ0) is 6.91. The van der Waals surface area contributed by atoms with E-state index in [-0.39, 0.29) is 0 Å². The van der Waals surface area contributed by atoms with Crippen LogP contribution in [0.25, 0.3) is 0 Å². The van der Waals surface area contributed by atoms with E-state index >= 15 is 0 Å². The molecule has 0 fully saturated rings. The molecular weight excluding hydrogens is 116 g/mol. The average Bonchev–Trinajstić information content (AvgIpc) is 2.10. The Morgan fingerprint density at radius 3 is 2.67 bits per heavy atom. The third kappa shape index (κ3) is 1.17. The van der Waals surface area contributed by atoms with E-state index in [1.165, 1.54) is 25.5 Å². The van der Waals surface area contributed by atoms with Crippen LogP contribution in [0, 0.1) is 11.3 Å². The van der Waals surface area contributed by atoms with Gasteiger partial charge in [-0.15, -0.1) is 0 Å². The lowest BCUT2D eigenvalue weighted by atomic mass is 10.3. The molecule has 3 nitrogen and oxygen atoms in total. The standard InChI is InChI=1S/C6H6N2O/c1-8(9)3-2-6(4-7)5-8/h2-3,5H,1H3/q+1. The smallest absolute Gasteiger partial charge is 0.154 e. The van der Waals surface area contributed by atoms with Crippen molar-refractivity contribution in [3.63, 3.8) is 0 Å². The summed E-state index contributed by atoms with van der Waals surface area (Å²) in [7, 11) is 1.46. The van der Waals surface area contributed by atoms with Crippen LogP contribution < -0.4 is 0 Å². The first kappa shape index (κ1) is 6.02. The van der Waals surface area contributed by atoms with Crippen LogP contribution in [0.15, 0.2) is 24.0 Å². The van der Waals surface area contributed by atoms with Crippen molar-refractivity contribution in [2.45, 2.75) is 0 Å². The summed E-state index contributed by atoms with van der Waals surface area (Å²) in [6, 6.07) is 1.88. The number of rotatable bonds is 0. The molecule has 1 aliphatic rings. The number of allylic oxidation sites excluding steroid dienone is 2. The molecule has 0 aliphatic carbocycles. The lowest BCUT2D eigenvalue weighted by Crippen LogP contribution is -2.22. The summed E-state index contributed by atoms with van der Waals surface area (Å²) >= 11 is 0. The molecule has 1 heterocycles. The normalized spacial score (nSPS) is 31.9. The second kappa shape index (κ2) is 1.69. The largest absolute Gasteiger partial charge is 0.192 e. The lowest BCUT2D eigenvalue weighted by Gasteiger charge is -2.04. The monoisotopic (exact) mass is 122 g/mol. The summed E-state index contributed by atoms with van der Waals surface area (Å²) in [5.74, 6) is 0. The van der Waals surface area contributed by atoms with Gasteiger partial charge < -0.3 is 0 Å². The molecule has 0 bridgehead atoms. The summed E-state index contributed by atoms with van der Waals surface area (Å²) in [6.45, 7) is 0. The maximum atomic E-state index is 10.9. The Morgan fingerprint density at radius 2 is 2.44 bits per heavy atom. The van der Waals surface area contributed by atoms with E-state index < -0.39 is 4.65 Å². The highest BCUT2D eigenvalue weighted by Crippen LogP contribution is 2.13. The van der Waals surface area contributed by atoms with Crippen molar-refractivity contribution in [1.82, 2.24) is 0 Å². The number of quaternary nitrogens is 1. The van der Waals surface area contributed by atoms with E-state index in [0.29, 0.717) is 5.57 Å². The third-order valence-corrected chi connectivity index (χ3v) is 1.07. The van der Waals surface area contributed by atoms with E-state index in [0.717, 1.165) is 0 Å². The predicted molar refractivity (Wildman–Crippen MR) is 29.7 cm³/mol. The van der Waals surface area contributed by atoms with Crippen LogP contribution in [0.1, 0.15) is 0 Å². The minimum absolute atomic E-state index is 0.438. The number of nitriles is 1. The molecule has 1 atom stereocenters. The summed E-state index contributed by atoms with van der Waals surface area (Å²) < 4.78 is -0.567. The first-order valence-corrected chi connectivity index (χ1v) is 2.53. The number of hydroxylamine groups is 3. The highest BCUT2D eigenvalue weighted by Gasteiger charge is 2.21. The first-order chi connectivity index (χ1) is 4.14.